The van der Waals surface area contributed by atoms with Crippen molar-refractivity contribution in [2.24, 2.45) is 0 Å². The molecule has 0 spiro atoms. The number of carbonyl (C=O) groups is 1. The van der Waals surface area contributed by atoms with Gasteiger partial charge in [0.05, 0.1) is 19.3 Å². The third kappa shape index (κ3) is 2.89. The number of ether oxygens (including phenoxy) is 1. The average Bonchev–Trinajstić information content (AvgIpc) is 2.22. The number of amides is 1. The summed E-state index contributed by atoms with van der Waals surface area (Å²) in [4.78, 5) is 15.3. The first kappa shape index (κ1) is 9.86. The van der Waals surface area contributed by atoms with E-state index < -0.39 is 0 Å². The van der Waals surface area contributed by atoms with Crippen LogP contribution in [0.5, 0.6) is 0 Å². The fraction of sp³-hybridized carbons (Fsp3) is 0.273. The van der Waals surface area contributed by atoms with Crippen LogP contribution in [0.3, 0.4) is 0 Å². The molecule has 2 heterocycles. The van der Waals surface area contributed by atoms with E-state index in [2.05, 4.69) is 10.3 Å². The zero-order chi connectivity index (χ0) is 10.5. The Labute approximate surface area is 88.0 Å². The van der Waals surface area contributed by atoms with E-state index in [9.17, 15) is 4.79 Å². The third-order valence-corrected chi connectivity index (χ3v) is 2.10. The van der Waals surface area contributed by atoms with Gasteiger partial charge in [-0.3, -0.25) is 9.78 Å². The summed E-state index contributed by atoms with van der Waals surface area (Å²) in [6.07, 6.45) is 6.65. The highest BCUT2D eigenvalue weighted by atomic mass is 16.5. The van der Waals surface area contributed by atoms with E-state index in [1.807, 2.05) is 12.1 Å². The molecule has 1 amide bonds. The summed E-state index contributed by atoms with van der Waals surface area (Å²) in [5.74, 6) is -0.0906. The van der Waals surface area contributed by atoms with Crippen molar-refractivity contribution in [2.75, 3.05) is 13.2 Å². The zero-order valence-corrected chi connectivity index (χ0v) is 8.22. The summed E-state index contributed by atoms with van der Waals surface area (Å²) in [6.45, 7) is 1.24. The molecule has 0 aromatic carbocycles. The van der Waals surface area contributed by atoms with Gasteiger partial charge in [-0.1, -0.05) is 6.07 Å². The van der Waals surface area contributed by atoms with Gasteiger partial charge in [0.25, 0.3) is 0 Å². The Kier molecular flexibility index (Phi) is 3.09. The summed E-state index contributed by atoms with van der Waals surface area (Å²) in [5, 5.41) is 2.82. The maximum absolute atomic E-state index is 11.3. The molecule has 1 fully saturated rings. The zero-order valence-electron chi connectivity index (χ0n) is 8.22. The van der Waals surface area contributed by atoms with Gasteiger partial charge in [-0.15, -0.1) is 0 Å². The second kappa shape index (κ2) is 4.70. The molecule has 1 aromatic rings. The van der Waals surface area contributed by atoms with Crippen molar-refractivity contribution < 1.29 is 9.53 Å². The van der Waals surface area contributed by atoms with Crippen LogP contribution in [-0.4, -0.2) is 30.1 Å². The molecule has 0 bridgehead atoms. The van der Waals surface area contributed by atoms with E-state index in [1.54, 1.807) is 18.5 Å². The second-order valence-electron chi connectivity index (χ2n) is 3.36. The SMILES string of the molecule is O=C(C=Cc1cccnc1)NC1COC1. The third-order valence-electron chi connectivity index (χ3n) is 2.10. The van der Waals surface area contributed by atoms with E-state index in [0.29, 0.717) is 13.2 Å². The number of hydrogen-bond donors (Lipinski definition) is 1. The predicted octanol–water partition coefficient (Wildman–Crippen LogP) is 0.610. The van der Waals surface area contributed by atoms with Gasteiger partial charge in [-0.05, 0) is 17.7 Å². The number of hydrogen-bond acceptors (Lipinski definition) is 3. The van der Waals surface area contributed by atoms with Gasteiger partial charge in [0.1, 0.15) is 0 Å². The molecule has 0 atom stereocenters. The molecule has 4 nitrogen and oxygen atoms in total. The molecular weight excluding hydrogens is 192 g/mol. The molecule has 0 unspecified atom stereocenters. The lowest BCUT2D eigenvalue weighted by molar-refractivity contribution is -0.120. The average molecular weight is 204 g/mol. The van der Waals surface area contributed by atoms with Crippen LogP contribution < -0.4 is 5.32 Å². The van der Waals surface area contributed by atoms with E-state index in [-0.39, 0.29) is 11.9 Å². The molecule has 78 valence electrons. The van der Waals surface area contributed by atoms with Crippen molar-refractivity contribution in [2.45, 2.75) is 6.04 Å². The Morgan fingerprint density at radius 1 is 1.60 bits per heavy atom. The minimum atomic E-state index is -0.0906. The van der Waals surface area contributed by atoms with Crippen molar-refractivity contribution in [1.82, 2.24) is 10.3 Å². The van der Waals surface area contributed by atoms with Crippen LogP contribution in [0, 0.1) is 0 Å². The van der Waals surface area contributed by atoms with Crippen molar-refractivity contribution in [1.29, 1.82) is 0 Å². The van der Waals surface area contributed by atoms with Gasteiger partial charge in [-0.2, -0.15) is 0 Å². The highest BCUT2D eigenvalue weighted by Gasteiger charge is 2.18. The van der Waals surface area contributed by atoms with Gasteiger partial charge in [0.2, 0.25) is 5.91 Å². The molecule has 1 aliphatic rings. The molecule has 0 radical (unpaired) electrons. The number of carbonyl (C=O) groups excluding carboxylic acids is 1. The number of nitrogens with one attached hydrogen (secondary N) is 1. The lowest BCUT2D eigenvalue weighted by Crippen LogP contribution is -2.48. The van der Waals surface area contributed by atoms with Crippen LogP contribution in [-0.2, 0) is 9.53 Å². The molecule has 4 heteroatoms. The summed E-state index contributed by atoms with van der Waals surface area (Å²) < 4.78 is 4.95. The van der Waals surface area contributed by atoms with Gasteiger partial charge in [0.15, 0.2) is 0 Å². The Balaban J connectivity index is 1.85. The number of pyridine rings is 1. The lowest BCUT2D eigenvalue weighted by atomic mass is 10.2. The monoisotopic (exact) mass is 204 g/mol. The minimum absolute atomic E-state index is 0.0906. The first-order valence-corrected chi connectivity index (χ1v) is 4.81. The summed E-state index contributed by atoms with van der Waals surface area (Å²) in [7, 11) is 0. The normalized spacial score (nSPS) is 16.3. The molecule has 2 rings (SSSR count). The fourth-order valence-corrected chi connectivity index (χ4v) is 1.21. The van der Waals surface area contributed by atoms with Crippen molar-refractivity contribution >= 4 is 12.0 Å². The first-order chi connectivity index (χ1) is 7.34. The van der Waals surface area contributed by atoms with Crippen LogP contribution in [0.4, 0.5) is 0 Å². The molecule has 1 N–H and O–H groups in total. The van der Waals surface area contributed by atoms with Gasteiger partial charge in [-0.25, -0.2) is 0 Å². The lowest BCUT2D eigenvalue weighted by Gasteiger charge is -2.26. The fourth-order valence-electron chi connectivity index (χ4n) is 1.21. The van der Waals surface area contributed by atoms with Crippen LogP contribution >= 0.6 is 0 Å². The predicted molar refractivity (Wildman–Crippen MR) is 56.0 cm³/mol. The van der Waals surface area contributed by atoms with Crippen molar-refractivity contribution in [3.63, 3.8) is 0 Å². The maximum Gasteiger partial charge on any atom is 0.244 e. The van der Waals surface area contributed by atoms with Crippen LogP contribution in [0.25, 0.3) is 6.08 Å². The Bertz CT molecular complexity index is 358. The molecule has 15 heavy (non-hydrogen) atoms. The topological polar surface area (TPSA) is 51.2 Å². The van der Waals surface area contributed by atoms with Crippen molar-refractivity contribution in [3.05, 3.63) is 36.2 Å². The van der Waals surface area contributed by atoms with Gasteiger partial charge >= 0.3 is 0 Å². The smallest absolute Gasteiger partial charge is 0.244 e. The van der Waals surface area contributed by atoms with E-state index in [1.165, 1.54) is 6.08 Å². The quantitative estimate of drug-likeness (QED) is 0.734. The Morgan fingerprint density at radius 3 is 3.07 bits per heavy atom. The number of rotatable bonds is 3. The van der Waals surface area contributed by atoms with Crippen LogP contribution in [0.2, 0.25) is 0 Å². The van der Waals surface area contributed by atoms with Crippen LogP contribution in [0.15, 0.2) is 30.6 Å². The second-order valence-corrected chi connectivity index (χ2v) is 3.36. The molecular formula is C11H12N2O2. The molecule has 1 aromatic heterocycles. The Morgan fingerprint density at radius 2 is 2.47 bits per heavy atom. The molecule has 0 aliphatic carbocycles. The summed E-state index contributed by atoms with van der Waals surface area (Å²) >= 11 is 0. The largest absolute Gasteiger partial charge is 0.377 e. The first-order valence-electron chi connectivity index (χ1n) is 4.81. The number of nitrogens with zero attached hydrogens (tertiary/aromatic N) is 1. The molecule has 1 aliphatic heterocycles. The van der Waals surface area contributed by atoms with E-state index in [4.69, 9.17) is 4.74 Å². The van der Waals surface area contributed by atoms with Crippen molar-refractivity contribution in [3.8, 4) is 0 Å². The minimum Gasteiger partial charge on any atom is -0.377 e. The standard InChI is InChI=1S/C11H12N2O2/c14-11(13-10-7-15-8-10)4-3-9-2-1-5-12-6-9/h1-6,10H,7-8H2,(H,13,14). The number of aromatic nitrogens is 1. The maximum atomic E-state index is 11.3. The van der Waals surface area contributed by atoms with Gasteiger partial charge in [0, 0.05) is 18.5 Å². The highest BCUT2D eigenvalue weighted by Crippen LogP contribution is 2.01. The van der Waals surface area contributed by atoms with Crippen LogP contribution in [0.1, 0.15) is 5.56 Å². The molecule has 1 saturated heterocycles. The van der Waals surface area contributed by atoms with Gasteiger partial charge < -0.3 is 10.1 Å². The molecule has 0 saturated carbocycles. The highest BCUT2D eigenvalue weighted by molar-refractivity contribution is 5.91. The van der Waals surface area contributed by atoms with E-state index >= 15 is 0 Å². The summed E-state index contributed by atoms with van der Waals surface area (Å²) in [6, 6.07) is 3.90. The summed E-state index contributed by atoms with van der Waals surface area (Å²) in [5.41, 5.74) is 0.914. The van der Waals surface area contributed by atoms with E-state index in [0.717, 1.165) is 5.56 Å². The Hall–Kier alpha value is -1.68.